The van der Waals surface area contributed by atoms with E-state index in [4.69, 9.17) is 0 Å². The molecule has 6 nitrogen and oxygen atoms in total. The third-order valence-electron chi connectivity index (χ3n) is 6.84. The van der Waals surface area contributed by atoms with Crippen LogP contribution in [-0.2, 0) is 22.6 Å². The Kier molecular flexibility index (Phi) is 8.36. The van der Waals surface area contributed by atoms with Gasteiger partial charge in [0.15, 0.2) is 0 Å². The van der Waals surface area contributed by atoms with Crippen LogP contribution in [0.5, 0.6) is 0 Å². The Balaban J connectivity index is 1.44. The number of carboxylic acid groups (broad SMARTS) is 1. The summed E-state index contributed by atoms with van der Waals surface area (Å²) in [5.74, 6) is -0.330. The van der Waals surface area contributed by atoms with Gasteiger partial charge in [-0.05, 0) is 73.9 Å². The number of fused-ring (bicyclic) bond motifs is 1. The highest BCUT2D eigenvalue weighted by Gasteiger charge is 2.30. The Hall–Kier alpha value is -3.12. The van der Waals surface area contributed by atoms with E-state index < -0.39 is 12.0 Å². The second-order valence-electron chi connectivity index (χ2n) is 9.38. The molecule has 4 rings (SSSR count). The van der Waals surface area contributed by atoms with E-state index >= 15 is 0 Å². The Morgan fingerprint density at radius 2 is 1.91 bits per heavy atom. The van der Waals surface area contributed by atoms with Crippen molar-refractivity contribution in [1.29, 1.82) is 0 Å². The van der Waals surface area contributed by atoms with Crippen LogP contribution in [0.4, 0.5) is 5.69 Å². The number of rotatable bonds is 9. The predicted molar refractivity (Wildman–Crippen MR) is 136 cm³/mol. The minimum absolute atomic E-state index is 0.159. The van der Waals surface area contributed by atoms with Crippen LogP contribution in [0.15, 0.2) is 54.6 Å². The molecule has 3 N–H and O–H groups in total. The maximum Gasteiger partial charge on any atom is 0.305 e. The molecule has 0 radical (unpaired) electrons. The molecule has 1 fully saturated rings. The van der Waals surface area contributed by atoms with Crippen molar-refractivity contribution in [2.45, 2.75) is 51.1 Å². The zero-order valence-electron chi connectivity index (χ0n) is 19.7. The fourth-order valence-corrected chi connectivity index (χ4v) is 4.86. The van der Waals surface area contributed by atoms with Crippen molar-refractivity contribution in [3.05, 3.63) is 71.3 Å². The van der Waals surface area contributed by atoms with Gasteiger partial charge in [0.05, 0.1) is 6.42 Å². The number of carbonyl (C=O) groups excluding carboxylic acids is 1. The summed E-state index contributed by atoms with van der Waals surface area (Å²) in [4.78, 5) is 26.5. The van der Waals surface area contributed by atoms with Crippen LogP contribution in [0.1, 0.15) is 48.8 Å². The second-order valence-corrected chi connectivity index (χ2v) is 9.38. The lowest BCUT2D eigenvalue weighted by Crippen LogP contribution is -2.42. The molecule has 2 aliphatic rings. The first-order valence-corrected chi connectivity index (χ1v) is 12.4. The predicted octanol–water partition coefficient (Wildman–Crippen LogP) is 4.32. The number of benzene rings is 2. The number of amides is 1. The summed E-state index contributed by atoms with van der Waals surface area (Å²) in [5.41, 5.74) is 4.09. The molecular weight excluding hydrogens is 426 g/mol. The summed E-state index contributed by atoms with van der Waals surface area (Å²) in [6.45, 7) is 3.29. The Labute approximate surface area is 202 Å². The molecule has 180 valence electrons. The van der Waals surface area contributed by atoms with Gasteiger partial charge in [0.1, 0.15) is 6.04 Å². The van der Waals surface area contributed by atoms with Crippen LogP contribution in [-0.4, -0.2) is 47.6 Å². The highest BCUT2D eigenvalue weighted by atomic mass is 16.4. The molecule has 2 aromatic rings. The van der Waals surface area contributed by atoms with Gasteiger partial charge in [0.25, 0.3) is 0 Å². The first kappa shape index (κ1) is 24.0. The highest BCUT2D eigenvalue weighted by Crippen LogP contribution is 2.27. The fourth-order valence-electron chi connectivity index (χ4n) is 4.86. The quantitative estimate of drug-likeness (QED) is 0.518. The average Bonchev–Trinajstić information content (AvgIpc) is 2.97. The van der Waals surface area contributed by atoms with Crippen molar-refractivity contribution in [3.63, 3.8) is 0 Å². The largest absolute Gasteiger partial charge is 0.481 e. The minimum atomic E-state index is -0.980. The minimum Gasteiger partial charge on any atom is -0.481 e. The monoisotopic (exact) mass is 461 g/mol. The van der Waals surface area contributed by atoms with Gasteiger partial charge in [-0.15, -0.1) is 0 Å². The lowest BCUT2D eigenvalue weighted by atomic mass is 9.93. The number of nitrogens with zero attached hydrogens (tertiary/aromatic N) is 1. The van der Waals surface area contributed by atoms with Crippen molar-refractivity contribution in [3.8, 4) is 0 Å². The van der Waals surface area contributed by atoms with Gasteiger partial charge < -0.3 is 20.6 Å². The molecular formula is C28H35N3O3. The number of hydrogen-bond acceptors (Lipinski definition) is 4. The summed E-state index contributed by atoms with van der Waals surface area (Å²) in [5, 5.41) is 16.0. The lowest BCUT2D eigenvalue weighted by molar-refractivity contribution is -0.141. The molecule has 2 aliphatic heterocycles. The number of nitrogens with one attached hydrogen (secondary N) is 2. The molecule has 34 heavy (non-hydrogen) atoms. The maximum atomic E-state index is 13.2. The molecule has 0 aliphatic carbocycles. The van der Waals surface area contributed by atoms with Gasteiger partial charge >= 0.3 is 5.97 Å². The molecule has 1 atom stereocenters. The zero-order valence-corrected chi connectivity index (χ0v) is 19.7. The van der Waals surface area contributed by atoms with E-state index in [1.165, 1.54) is 19.3 Å². The van der Waals surface area contributed by atoms with Gasteiger partial charge in [-0.2, -0.15) is 0 Å². The summed E-state index contributed by atoms with van der Waals surface area (Å²) in [7, 11) is 0. The molecule has 6 heteroatoms. The van der Waals surface area contributed by atoms with E-state index in [1.807, 2.05) is 36.4 Å². The zero-order chi connectivity index (χ0) is 23.8. The van der Waals surface area contributed by atoms with Crippen molar-refractivity contribution < 1.29 is 14.7 Å². The van der Waals surface area contributed by atoms with E-state index in [1.54, 1.807) is 4.90 Å². The Morgan fingerprint density at radius 3 is 2.68 bits per heavy atom. The van der Waals surface area contributed by atoms with Gasteiger partial charge in [-0.3, -0.25) is 9.59 Å². The van der Waals surface area contributed by atoms with Crippen LogP contribution < -0.4 is 10.6 Å². The van der Waals surface area contributed by atoms with Crippen LogP contribution >= 0.6 is 0 Å². The Bertz CT molecular complexity index is 999. The lowest BCUT2D eigenvalue weighted by Gasteiger charge is -2.24. The van der Waals surface area contributed by atoms with Gasteiger partial charge in [0.2, 0.25) is 5.91 Å². The summed E-state index contributed by atoms with van der Waals surface area (Å²) in [6.07, 6.45) is 9.65. The summed E-state index contributed by atoms with van der Waals surface area (Å²) >= 11 is 0. The standard InChI is InChI=1S/C28H35N3O3/c32-27(33)19-26-28(34)31(17-14-21-6-2-1-3-7-21)20-24-11-10-23(18-25(24)30-26)9-5-4-8-22-12-15-29-16-13-22/h1-3,5-7,9-11,18,22,26,29-30H,4,8,12-17,19-20H2,(H,32,33)/b9-5-/t26-/m1/s1. The van der Waals surface area contributed by atoms with Crippen LogP contribution in [0, 0.1) is 5.92 Å². The smallest absolute Gasteiger partial charge is 0.305 e. The van der Waals surface area contributed by atoms with Crippen LogP contribution in [0.25, 0.3) is 6.08 Å². The highest BCUT2D eigenvalue weighted by molar-refractivity contribution is 5.90. The molecule has 0 unspecified atom stereocenters. The van der Waals surface area contributed by atoms with E-state index in [0.29, 0.717) is 13.1 Å². The topological polar surface area (TPSA) is 81.7 Å². The van der Waals surface area contributed by atoms with Crippen LogP contribution in [0.2, 0.25) is 0 Å². The molecule has 0 spiro atoms. The normalized spacial score (nSPS) is 19.0. The van der Waals surface area contributed by atoms with E-state index in [0.717, 1.165) is 54.2 Å². The van der Waals surface area contributed by atoms with E-state index in [-0.39, 0.29) is 12.3 Å². The van der Waals surface area contributed by atoms with Crippen molar-refractivity contribution in [2.75, 3.05) is 25.0 Å². The number of piperidine rings is 1. The molecule has 0 saturated carbocycles. The maximum absolute atomic E-state index is 13.2. The number of carboxylic acids is 1. The molecule has 1 saturated heterocycles. The van der Waals surface area contributed by atoms with Crippen molar-refractivity contribution >= 4 is 23.6 Å². The number of aliphatic carboxylic acids is 1. The third-order valence-corrected chi connectivity index (χ3v) is 6.84. The summed E-state index contributed by atoms with van der Waals surface area (Å²) in [6, 6.07) is 15.5. The van der Waals surface area contributed by atoms with Gasteiger partial charge in [-0.1, -0.05) is 54.6 Å². The SMILES string of the molecule is O=C(O)C[C@H]1Nc2cc(/C=C\CCC3CCNCC3)ccc2CN(CCc2ccccc2)C1=O. The average molecular weight is 462 g/mol. The van der Waals surface area contributed by atoms with Gasteiger partial charge in [-0.25, -0.2) is 0 Å². The van der Waals surface area contributed by atoms with Gasteiger partial charge in [0, 0.05) is 18.8 Å². The van der Waals surface area contributed by atoms with Crippen molar-refractivity contribution in [1.82, 2.24) is 10.2 Å². The van der Waals surface area contributed by atoms with Crippen molar-refractivity contribution in [2.24, 2.45) is 5.92 Å². The molecule has 0 bridgehead atoms. The summed E-state index contributed by atoms with van der Waals surface area (Å²) < 4.78 is 0. The molecule has 2 heterocycles. The van der Waals surface area contributed by atoms with Crippen LogP contribution in [0.3, 0.4) is 0 Å². The molecule has 0 aromatic heterocycles. The first-order chi connectivity index (χ1) is 16.6. The number of allylic oxidation sites excluding steroid dienone is 1. The fraction of sp³-hybridized carbons (Fsp3) is 0.429. The molecule has 1 amide bonds. The number of carbonyl (C=O) groups is 2. The third kappa shape index (κ3) is 6.70. The van der Waals surface area contributed by atoms with E-state index in [9.17, 15) is 14.7 Å². The number of hydrogen-bond donors (Lipinski definition) is 3. The Morgan fingerprint density at radius 1 is 1.12 bits per heavy atom. The number of anilines is 1. The second kappa shape index (κ2) is 11.8. The van der Waals surface area contributed by atoms with E-state index in [2.05, 4.69) is 34.9 Å². The molecule has 2 aromatic carbocycles. The first-order valence-electron chi connectivity index (χ1n) is 12.4.